The second-order valence-electron chi connectivity index (χ2n) is 4.93. The van der Waals surface area contributed by atoms with Gasteiger partial charge < -0.3 is 10.6 Å². The molecule has 2 rings (SSSR count). The SMILES string of the molecule is CNc1cccc(CS(=O)(=O)Cc2cccc(NC)c2)c1. The molecule has 2 aromatic carbocycles. The van der Waals surface area contributed by atoms with Crippen LogP contribution in [0.3, 0.4) is 0 Å². The van der Waals surface area contributed by atoms with Crippen LogP contribution in [-0.4, -0.2) is 22.5 Å². The van der Waals surface area contributed by atoms with Gasteiger partial charge in [-0.3, -0.25) is 0 Å². The van der Waals surface area contributed by atoms with Gasteiger partial charge in [-0.15, -0.1) is 0 Å². The van der Waals surface area contributed by atoms with Gasteiger partial charge in [0, 0.05) is 25.5 Å². The van der Waals surface area contributed by atoms with Crippen LogP contribution in [0, 0.1) is 0 Å². The summed E-state index contributed by atoms with van der Waals surface area (Å²) in [6.45, 7) is 0. The van der Waals surface area contributed by atoms with Crippen LogP contribution in [-0.2, 0) is 21.3 Å². The molecule has 2 aromatic rings. The molecule has 112 valence electrons. The zero-order chi connectivity index (χ0) is 15.3. The van der Waals surface area contributed by atoms with Gasteiger partial charge in [0.15, 0.2) is 9.84 Å². The fraction of sp³-hybridized carbons (Fsp3) is 0.250. The Balaban J connectivity index is 2.14. The van der Waals surface area contributed by atoms with Gasteiger partial charge in [-0.25, -0.2) is 8.42 Å². The second-order valence-corrected chi connectivity index (χ2v) is 7.00. The third-order valence-electron chi connectivity index (χ3n) is 3.20. The number of sulfone groups is 1. The smallest absolute Gasteiger partial charge is 0.158 e. The number of nitrogens with one attached hydrogen (secondary N) is 2. The number of anilines is 2. The first kappa shape index (κ1) is 15.4. The van der Waals surface area contributed by atoms with Crippen LogP contribution in [0.25, 0.3) is 0 Å². The normalized spacial score (nSPS) is 11.1. The van der Waals surface area contributed by atoms with Gasteiger partial charge in [0.25, 0.3) is 0 Å². The van der Waals surface area contributed by atoms with Crippen molar-refractivity contribution in [3.05, 3.63) is 59.7 Å². The lowest BCUT2D eigenvalue weighted by Crippen LogP contribution is -2.08. The average molecular weight is 304 g/mol. The summed E-state index contributed by atoms with van der Waals surface area (Å²) in [5.74, 6) is 0.0958. The van der Waals surface area contributed by atoms with E-state index in [-0.39, 0.29) is 11.5 Å². The Hall–Kier alpha value is -2.01. The molecule has 0 saturated heterocycles. The van der Waals surface area contributed by atoms with Gasteiger partial charge >= 0.3 is 0 Å². The lowest BCUT2D eigenvalue weighted by Gasteiger charge is -2.08. The molecule has 0 spiro atoms. The molecule has 0 radical (unpaired) electrons. The summed E-state index contributed by atoms with van der Waals surface area (Å²) in [5.41, 5.74) is 3.43. The van der Waals surface area contributed by atoms with E-state index in [0.717, 1.165) is 22.5 Å². The first-order valence-electron chi connectivity index (χ1n) is 6.76. The van der Waals surface area contributed by atoms with Crippen molar-refractivity contribution < 1.29 is 8.42 Å². The van der Waals surface area contributed by atoms with Crippen molar-refractivity contribution in [3.63, 3.8) is 0 Å². The van der Waals surface area contributed by atoms with E-state index in [9.17, 15) is 8.42 Å². The molecule has 0 aliphatic carbocycles. The molecule has 0 aliphatic heterocycles. The maximum Gasteiger partial charge on any atom is 0.158 e. The maximum atomic E-state index is 12.3. The van der Waals surface area contributed by atoms with Crippen LogP contribution in [0.5, 0.6) is 0 Å². The number of hydrogen-bond acceptors (Lipinski definition) is 4. The fourth-order valence-electron chi connectivity index (χ4n) is 2.19. The first-order valence-corrected chi connectivity index (χ1v) is 8.58. The minimum Gasteiger partial charge on any atom is -0.388 e. The van der Waals surface area contributed by atoms with E-state index >= 15 is 0 Å². The predicted octanol–water partition coefficient (Wildman–Crippen LogP) is 2.89. The molecule has 0 heterocycles. The van der Waals surface area contributed by atoms with E-state index in [1.807, 2.05) is 62.6 Å². The molecule has 0 atom stereocenters. The van der Waals surface area contributed by atoms with Crippen molar-refractivity contribution in [2.24, 2.45) is 0 Å². The van der Waals surface area contributed by atoms with Crippen molar-refractivity contribution in [2.75, 3.05) is 24.7 Å². The molecular formula is C16H20N2O2S. The molecule has 2 N–H and O–H groups in total. The van der Waals surface area contributed by atoms with Crippen LogP contribution < -0.4 is 10.6 Å². The largest absolute Gasteiger partial charge is 0.388 e. The quantitative estimate of drug-likeness (QED) is 0.861. The monoisotopic (exact) mass is 304 g/mol. The van der Waals surface area contributed by atoms with Gasteiger partial charge in [0.2, 0.25) is 0 Å². The highest BCUT2D eigenvalue weighted by atomic mass is 32.2. The summed E-state index contributed by atoms with van der Waals surface area (Å²) >= 11 is 0. The van der Waals surface area contributed by atoms with E-state index in [0.29, 0.717) is 0 Å². The highest BCUT2D eigenvalue weighted by Crippen LogP contribution is 2.17. The Labute approximate surface area is 126 Å². The zero-order valence-corrected chi connectivity index (χ0v) is 13.1. The van der Waals surface area contributed by atoms with Crippen molar-refractivity contribution in [3.8, 4) is 0 Å². The summed E-state index contributed by atoms with van der Waals surface area (Å²) in [7, 11) is 0.439. The number of benzene rings is 2. The number of rotatable bonds is 6. The molecule has 0 unspecified atom stereocenters. The summed E-state index contributed by atoms with van der Waals surface area (Å²) in [6, 6.07) is 14.9. The van der Waals surface area contributed by atoms with Crippen molar-refractivity contribution in [1.82, 2.24) is 0 Å². The average Bonchev–Trinajstić information content (AvgIpc) is 2.46. The molecule has 0 bridgehead atoms. The molecule has 0 aliphatic rings. The zero-order valence-electron chi connectivity index (χ0n) is 12.3. The Morgan fingerprint density at radius 3 is 1.62 bits per heavy atom. The molecule has 0 aromatic heterocycles. The Kier molecular flexibility index (Phi) is 4.85. The maximum absolute atomic E-state index is 12.3. The van der Waals surface area contributed by atoms with E-state index in [1.54, 1.807) is 0 Å². The van der Waals surface area contributed by atoms with E-state index in [1.165, 1.54) is 0 Å². The van der Waals surface area contributed by atoms with Gasteiger partial charge in [-0.1, -0.05) is 24.3 Å². The van der Waals surface area contributed by atoms with E-state index in [2.05, 4.69) is 10.6 Å². The van der Waals surface area contributed by atoms with Crippen molar-refractivity contribution in [1.29, 1.82) is 0 Å². The highest BCUT2D eigenvalue weighted by molar-refractivity contribution is 7.89. The van der Waals surface area contributed by atoms with E-state index in [4.69, 9.17) is 0 Å². The summed E-state index contributed by atoms with van der Waals surface area (Å²) in [4.78, 5) is 0. The van der Waals surface area contributed by atoms with Gasteiger partial charge in [-0.2, -0.15) is 0 Å². The Morgan fingerprint density at radius 1 is 0.810 bits per heavy atom. The molecule has 0 fully saturated rings. The Morgan fingerprint density at radius 2 is 1.24 bits per heavy atom. The number of hydrogen-bond donors (Lipinski definition) is 2. The standard InChI is InChI=1S/C16H20N2O2S/c1-17-15-7-3-5-13(9-15)11-21(19,20)12-14-6-4-8-16(10-14)18-2/h3-10,17-18H,11-12H2,1-2H3. The molecule has 0 amide bonds. The Bertz CT molecular complexity index is 656. The molecule has 0 saturated carbocycles. The topological polar surface area (TPSA) is 58.2 Å². The van der Waals surface area contributed by atoms with Gasteiger partial charge in [-0.05, 0) is 35.4 Å². The summed E-state index contributed by atoms with van der Waals surface area (Å²) < 4.78 is 24.7. The second kappa shape index (κ2) is 6.63. The summed E-state index contributed by atoms with van der Waals surface area (Å²) in [5, 5.41) is 6.03. The predicted molar refractivity (Wildman–Crippen MR) is 88.3 cm³/mol. The van der Waals surface area contributed by atoms with Crippen LogP contribution in [0.2, 0.25) is 0 Å². The molecule has 5 heteroatoms. The third kappa shape index (κ3) is 4.49. The first-order chi connectivity index (χ1) is 10.0. The third-order valence-corrected chi connectivity index (χ3v) is 4.75. The lowest BCUT2D eigenvalue weighted by atomic mass is 10.2. The minimum absolute atomic E-state index is 0.0479. The lowest BCUT2D eigenvalue weighted by molar-refractivity contribution is 0.594. The van der Waals surface area contributed by atoms with Crippen LogP contribution in [0.15, 0.2) is 48.5 Å². The van der Waals surface area contributed by atoms with Crippen molar-refractivity contribution in [2.45, 2.75) is 11.5 Å². The fourth-order valence-corrected chi connectivity index (χ4v) is 3.67. The molecule has 4 nitrogen and oxygen atoms in total. The van der Waals surface area contributed by atoms with Crippen LogP contribution in [0.1, 0.15) is 11.1 Å². The molecular weight excluding hydrogens is 284 g/mol. The van der Waals surface area contributed by atoms with Crippen molar-refractivity contribution >= 4 is 21.2 Å². The van der Waals surface area contributed by atoms with Gasteiger partial charge in [0.05, 0.1) is 11.5 Å². The van der Waals surface area contributed by atoms with Crippen LogP contribution >= 0.6 is 0 Å². The molecule has 21 heavy (non-hydrogen) atoms. The van der Waals surface area contributed by atoms with Gasteiger partial charge in [0.1, 0.15) is 0 Å². The van der Waals surface area contributed by atoms with Crippen LogP contribution in [0.4, 0.5) is 11.4 Å². The highest BCUT2D eigenvalue weighted by Gasteiger charge is 2.13. The minimum atomic E-state index is -3.19. The van der Waals surface area contributed by atoms with E-state index < -0.39 is 9.84 Å². The summed E-state index contributed by atoms with van der Waals surface area (Å²) in [6.07, 6.45) is 0.